The molecule has 0 amide bonds. The van der Waals surface area contributed by atoms with Crippen LogP contribution in [-0.2, 0) is 6.42 Å². The van der Waals surface area contributed by atoms with Crippen molar-refractivity contribution in [2.24, 2.45) is 0 Å². The third-order valence-electron chi connectivity index (χ3n) is 2.62. The molecule has 2 aromatic rings. The van der Waals surface area contributed by atoms with Crippen LogP contribution in [0.15, 0.2) is 36.5 Å². The van der Waals surface area contributed by atoms with Crippen LogP contribution in [0.4, 0.5) is 0 Å². The van der Waals surface area contributed by atoms with Crippen molar-refractivity contribution >= 4 is 22.5 Å². The average molecular weight is 220 g/mol. The van der Waals surface area contributed by atoms with E-state index < -0.39 is 0 Å². The molecule has 0 N–H and O–H groups in total. The zero-order valence-electron chi connectivity index (χ0n) is 8.78. The molecule has 0 aliphatic heterocycles. The molecule has 0 bridgehead atoms. The minimum absolute atomic E-state index is 0.218. The Labute approximate surface area is 95.1 Å². The van der Waals surface area contributed by atoms with Gasteiger partial charge >= 0.3 is 0 Å². The van der Waals surface area contributed by atoms with Crippen molar-refractivity contribution in [1.29, 1.82) is 0 Å². The lowest BCUT2D eigenvalue weighted by molar-refractivity contribution is 0.808. The van der Waals surface area contributed by atoms with E-state index in [1.165, 1.54) is 10.9 Å². The fourth-order valence-electron chi connectivity index (χ4n) is 1.72. The molecule has 1 nitrogen and oxygen atoms in total. The second-order valence-corrected chi connectivity index (χ2v) is 4.31. The van der Waals surface area contributed by atoms with Crippen LogP contribution in [-0.4, -0.2) is 10.4 Å². The molecule has 15 heavy (non-hydrogen) atoms. The number of rotatable bonds is 3. The molecule has 0 saturated heterocycles. The van der Waals surface area contributed by atoms with E-state index in [0.717, 1.165) is 18.4 Å². The quantitative estimate of drug-likeness (QED) is 0.716. The van der Waals surface area contributed by atoms with Crippen molar-refractivity contribution in [3.8, 4) is 0 Å². The maximum Gasteiger partial charge on any atom is 0.0704 e. The molecule has 0 spiro atoms. The molecule has 1 aromatic heterocycles. The highest BCUT2D eigenvalue weighted by Gasteiger charge is 2.06. The van der Waals surface area contributed by atoms with Gasteiger partial charge in [0.05, 0.1) is 5.52 Å². The second kappa shape index (κ2) is 4.63. The Hall–Kier alpha value is -1.08. The third-order valence-corrected chi connectivity index (χ3v) is 3.09. The number of nitrogens with zero attached hydrogens (tertiary/aromatic N) is 1. The number of fused-ring (bicyclic) bond motifs is 1. The van der Waals surface area contributed by atoms with Gasteiger partial charge in [0.15, 0.2) is 0 Å². The van der Waals surface area contributed by atoms with Crippen LogP contribution in [0.25, 0.3) is 10.9 Å². The molecule has 0 radical (unpaired) electrons. The molecule has 78 valence electrons. The largest absolute Gasteiger partial charge is 0.256 e. The molecule has 0 aliphatic rings. The first-order valence-electron chi connectivity index (χ1n) is 5.28. The van der Waals surface area contributed by atoms with Gasteiger partial charge in [-0.3, -0.25) is 4.98 Å². The van der Waals surface area contributed by atoms with Crippen molar-refractivity contribution in [3.63, 3.8) is 0 Å². The van der Waals surface area contributed by atoms with Crippen molar-refractivity contribution in [1.82, 2.24) is 4.98 Å². The number of hydrogen-bond donors (Lipinski definition) is 0. The highest BCUT2D eigenvalue weighted by Crippen LogP contribution is 2.19. The van der Waals surface area contributed by atoms with Gasteiger partial charge in [-0.05, 0) is 30.5 Å². The van der Waals surface area contributed by atoms with E-state index >= 15 is 0 Å². The van der Waals surface area contributed by atoms with E-state index in [0.29, 0.717) is 0 Å². The fourth-order valence-corrected chi connectivity index (χ4v) is 1.88. The summed E-state index contributed by atoms with van der Waals surface area (Å²) in [6.07, 6.45) is 3.77. The van der Waals surface area contributed by atoms with Gasteiger partial charge in [0.2, 0.25) is 0 Å². The van der Waals surface area contributed by atoms with E-state index in [9.17, 15) is 0 Å². The third kappa shape index (κ3) is 2.29. The smallest absolute Gasteiger partial charge is 0.0704 e. The van der Waals surface area contributed by atoms with Gasteiger partial charge in [-0.15, -0.1) is 11.6 Å². The Morgan fingerprint density at radius 1 is 1.27 bits per heavy atom. The number of alkyl halides is 1. The van der Waals surface area contributed by atoms with Crippen molar-refractivity contribution in [3.05, 3.63) is 42.1 Å². The van der Waals surface area contributed by atoms with Gasteiger partial charge in [0, 0.05) is 17.0 Å². The molecule has 1 atom stereocenters. The van der Waals surface area contributed by atoms with Gasteiger partial charge in [-0.2, -0.15) is 0 Å². The molecule has 2 rings (SSSR count). The van der Waals surface area contributed by atoms with Crippen LogP contribution >= 0.6 is 11.6 Å². The van der Waals surface area contributed by atoms with Crippen LogP contribution in [0.3, 0.4) is 0 Å². The summed E-state index contributed by atoms with van der Waals surface area (Å²) in [6.45, 7) is 2.11. The molecule has 1 heterocycles. The fraction of sp³-hybridized carbons (Fsp3) is 0.308. The number of benzene rings is 1. The highest BCUT2D eigenvalue weighted by atomic mass is 35.5. The summed E-state index contributed by atoms with van der Waals surface area (Å²) in [5, 5.41) is 1.44. The minimum Gasteiger partial charge on any atom is -0.256 e. The number of pyridine rings is 1. The molecular formula is C13H14ClN. The molecule has 0 fully saturated rings. The molecule has 0 aliphatic carbocycles. The summed E-state index contributed by atoms with van der Waals surface area (Å²) in [4.78, 5) is 4.33. The van der Waals surface area contributed by atoms with Crippen LogP contribution in [0.1, 0.15) is 18.9 Å². The summed E-state index contributed by atoms with van der Waals surface area (Å²) < 4.78 is 0. The lowest BCUT2D eigenvalue weighted by atomic mass is 10.0. The molecule has 0 saturated carbocycles. The first-order chi connectivity index (χ1) is 7.31. The lowest BCUT2D eigenvalue weighted by Crippen LogP contribution is -2.02. The van der Waals surface area contributed by atoms with E-state index in [-0.39, 0.29) is 5.38 Å². The predicted molar refractivity (Wildman–Crippen MR) is 65.4 cm³/mol. The molecule has 1 unspecified atom stereocenters. The summed E-state index contributed by atoms with van der Waals surface area (Å²) >= 11 is 6.18. The Morgan fingerprint density at radius 2 is 2.07 bits per heavy atom. The number of halogens is 1. The zero-order chi connectivity index (χ0) is 10.7. The van der Waals surface area contributed by atoms with E-state index in [1.807, 2.05) is 24.4 Å². The van der Waals surface area contributed by atoms with Crippen LogP contribution in [0, 0.1) is 0 Å². The van der Waals surface area contributed by atoms with Gasteiger partial charge in [-0.25, -0.2) is 0 Å². The molecule has 2 heteroatoms. The summed E-state index contributed by atoms with van der Waals surface area (Å²) in [5.74, 6) is 0. The Morgan fingerprint density at radius 3 is 2.87 bits per heavy atom. The number of hydrogen-bond acceptors (Lipinski definition) is 1. The first-order valence-corrected chi connectivity index (χ1v) is 5.71. The normalized spacial score (nSPS) is 12.9. The van der Waals surface area contributed by atoms with Gasteiger partial charge in [0.1, 0.15) is 0 Å². The Kier molecular flexibility index (Phi) is 3.22. The monoisotopic (exact) mass is 219 g/mol. The van der Waals surface area contributed by atoms with Crippen molar-refractivity contribution in [2.75, 3.05) is 0 Å². The maximum atomic E-state index is 6.18. The van der Waals surface area contributed by atoms with E-state index in [2.05, 4.69) is 24.0 Å². The van der Waals surface area contributed by atoms with Crippen LogP contribution in [0.5, 0.6) is 0 Å². The number of aromatic nitrogens is 1. The Bertz CT molecular complexity index is 448. The second-order valence-electron chi connectivity index (χ2n) is 3.70. The minimum atomic E-state index is 0.218. The average Bonchev–Trinajstić information content (AvgIpc) is 2.29. The van der Waals surface area contributed by atoms with Gasteiger partial charge in [0.25, 0.3) is 0 Å². The lowest BCUT2D eigenvalue weighted by Gasteiger charge is -2.08. The predicted octanol–water partition coefficient (Wildman–Crippen LogP) is 3.79. The highest BCUT2D eigenvalue weighted by molar-refractivity contribution is 6.20. The van der Waals surface area contributed by atoms with Crippen LogP contribution < -0.4 is 0 Å². The zero-order valence-corrected chi connectivity index (χ0v) is 9.54. The standard InChI is InChI=1S/C13H14ClN/c1-2-11(14)9-10-7-8-15-13-6-4-3-5-12(10)13/h3-8,11H,2,9H2,1H3. The van der Waals surface area contributed by atoms with Gasteiger partial charge in [-0.1, -0.05) is 25.1 Å². The summed E-state index contributed by atoms with van der Waals surface area (Å²) in [5.41, 5.74) is 2.34. The van der Waals surface area contributed by atoms with Gasteiger partial charge < -0.3 is 0 Å². The Balaban J connectivity index is 2.42. The molecule has 1 aromatic carbocycles. The van der Waals surface area contributed by atoms with Crippen molar-refractivity contribution < 1.29 is 0 Å². The van der Waals surface area contributed by atoms with E-state index in [1.54, 1.807) is 0 Å². The number of para-hydroxylation sites is 1. The summed E-state index contributed by atoms with van der Waals surface area (Å²) in [6, 6.07) is 10.3. The summed E-state index contributed by atoms with van der Waals surface area (Å²) in [7, 11) is 0. The van der Waals surface area contributed by atoms with E-state index in [4.69, 9.17) is 11.6 Å². The van der Waals surface area contributed by atoms with Crippen molar-refractivity contribution in [2.45, 2.75) is 25.1 Å². The topological polar surface area (TPSA) is 12.9 Å². The maximum absolute atomic E-state index is 6.18. The SMILES string of the molecule is CCC(Cl)Cc1ccnc2ccccc12. The molecular weight excluding hydrogens is 206 g/mol. The van der Waals surface area contributed by atoms with Crippen LogP contribution in [0.2, 0.25) is 0 Å². The first kappa shape index (κ1) is 10.4.